The Labute approximate surface area is 170 Å². The summed E-state index contributed by atoms with van der Waals surface area (Å²) >= 11 is 0. The highest BCUT2D eigenvalue weighted by molar-refractivity contribution is 5.91. The molecule has 1 aliphatic carbocycles. The average molecular weight is 376 g/mol. The van der Waals surface area contributed by atoms with Gasteiger partial charge in [0.05, 0.1) is 0 Å². The van der Waals surface area contributed by atoms with Crippen LogP contribution in [0.1, 0.15) is 23.6 Å². The summed E-state index contributed by atoms with van der Waals surface area (Å²) in [6.07, 6.45) is 0. The molecule has 0 N–H and O–H groups in total. The number of benzene rings is 4. The molecule has 140 valence electrons. The standard InChI is InChI=1S/C27H20O2/c1-18(2)26(28)29-27(21-16-15-19-9-3-4-10-20(19)17-21)24-13-7-5-11-22(24)23-12-6-8-14-25(23)27/h3-17H,1H2,2H3. The van der Waals surface area contributed by atoms with Crippen molar-refractivity contribution in [3.05, 3.63) is 120 Å². The molecule has 4 aromatic rings. The Hall–Kier alpha value is -3.65. The first-order valence-electron chi connectivity index (χ1n) is 9.69. The lowest BCUT2D eigenvalue weighted by molar-refractivity contribution is -0.148. The largest absolute Gasteiger partial charge is 0.441 e. The van der Waals surface area contributed by atoms with E-state index >= 15 is 0 Å². The van der Waals surface area contributed by atoms with Crippen molar-refractivity contribution in [2.75, 3.05) is 0 Å². The number of ether oxygens (including phenoxy) is 1. The van der Waals surface area contributed by atoms with Crippen LogP contribution in [0.2, 0.25) is 0 Å². The molecule has 0 aliphatic heterocycles. The van der Waals surface area contributed by atoms with E-state index in [0.717, 1.165) is 38.6 Å². The first-order chi connectivity index (χ1) is 14.1. The third-order valence-electron chi connectivity index (χ3n) is 5.65. The average Bonchev–Trinajstić information content (AvgIpc) is 3.04. The van der Waals surface area contributed by atoms with Crippen molar-refractivity contribution in [3.63, 3.8) is 0 Å². The Morgan fingerprint density at radius 1 is 0.759 bits per heavy atom. The maximum atomic E-state index is 12.8. The topological polar surface area (TPSA) is 26.3 Å². The quantitative estimate of drug-likeness (QED) is 0.313. The molecule has 0 amide bonds. The smallest absolute Gasteiger partial charge is 0.334 e. The van der Waals surface area contributed by atoms with Crippen molar-refractivity contribution >= 4 is 16.7 Å². The van der Waals surface area contributed by atoms with Gasteiger partial charge in [0, 0.05) is 22.3 Å². The molecule has 0 saturated heterocycles. The number of carbonyl (C=O) groups excluding carboxylic acids is 1. The van der Waals surface area contributed by atoms with E-state index in [1.54, 1.807) is 6.92 Å². The summed E-state index contributed by atoms with van der Waals surface area (Å²) in [4.78, 5) is 12.8. The molecule has 0 spiro atoms. The summed E-state index contributed by atoms with van der Waals surface area (Å²) in [5.74, 6) is -0.398. The van der Waals surface area contributed by atoms with Gasteiger partial charge in [0.1, 0.15) is 0 Å². The monoisotopic (exact) mass is 376 g/mol. The molecule has 0 radical (unpaired) electrons. The summed E-state index contributed by atoms with van der Waals surface area (Å²) in [6, 6.07) is 30.8. The Morgan fingerprint density at radius 2 is 1.31 bits per heavy atom. The van der Waals surface area contributed by atoms with Crippen LogP contribution >= 0.6 is 0 Å². The van der Waals surface area contributed by atoms with Crippen molar-refractivity contribution in [1.29, 1.82) is 0 Å². The summed E-state index contributed by atoms with van der Waals surface area (Å²) in [6.45, 7) is 5.49. The fourth-order valence-corrected chi connectivity index (χ4v) is 4.31. The Kier molecular flexibility index (Phi) is 3.88. The van der Waals surface area contributed by atoms with Crippen LogP contribution in [0.4, 0.5) is 0 Å². The number of fused-ring (bicyclic) bond motifs is 4. The molecule has 0 saturated carbocycles. The van der Waals surface area contributed by atoms with E-state index < -0.39 is 11.6 Å². The van der Waals surface area contributed by atoms with Crippen molar-refractivity contribution < 1.29 is 9.53 Å². The zero-order valence-electron chi connectivity index (χ0n) is 16.2. The van der Waals surface area contributed by atoms with E-state index in [1.165, 1.54) is 0 Å². The molecule has 29 heavy (non-hydrogen) atoms. The molecule has 1 aliphatic rings. The minimum absolute atomic E-state index is 0.382. The van der Waals surface area contributed by atoms with Gasteiger partial charge in [-0.2, -0.15) is 0 Å². The lowest BCUT2D eigenvalue weighted by Gasteiger charge is -2.32. The number of carbonyl (C=O) groups is 1. The van der Waals surface area contributed by atoms with Gasteiger partial charge in [0.15, 0.2) is 5.60 Å². The zero-order valence-corrected chi connectivity index (χ0v) is 16.2. The van der Waals surface area contributed by atoms with Crippen LogP contribution in [0.25, 0.3) is 21.9 Å². The van der Waals surface area contributed by atoms with Gasteiger partial charge < -0.3 is 4.74 Å². The Bertz CT molecular complexity index is 1240. The predicted octanol–water partition coefficient (Wildman–Crippen LogP) is 6.23. The van der Waals surface area contributed by atoms with Gasteiger partial charge in [0.2, 0.25) is 0 Å². The van der Waals surface area contributed by atoms with Gasteiger partial charge in [-0.25, -0.2) is 4.79 Å². The van der Waals surface area contributed by atoms with Gasteiger partial charge in [-0.3, -0.25) is 0 Å². The summed E-state index contributed by atoms with van der Waals surface area (Å²) < 4.78 is 6.31. The predicted molar refractivity (Wildman–Crippen MR) is 117 cm³/mol. The number of esters is 1. The van der Waals surface area contributed by atoms with Crippen LogP contribution < -0.4 is 0 Å². The Balaban J connectivity index is 1.86. The van der Waals surface area contributed by atoms with E-state index in [4.69, 9.17) is 4.74 Å². The second-order valence-corrected chi connectivity index (χ2v) is 7.50. The maximum Gasteiger partial charge on any atom is 0.334 e. The molecule has 0 atom stereocenters. The Morgan fingerprint density at radius 3 is 1.93 bits per heavy atom. The third-order valence-corrected chi connectivity index (χ3v) is 5.65. The highest BCUT2D eigenvalue weighted by atomic mass is 16.6. The zero-order chi connectivity index (χ0) is 20.0. The number of rotatable bonds is 3. The van der Waals surface area contributed by atoms with E-state index in [-0.39, 0.29) is 0 Å². The van der Waals surface area contributed by atoms with Crippen molar-refractivity contribution in [2.24, 2.45) is 0 Å². The first kappa shape index (κ1) is 17.4. The van der Waals surface area contributed by atoms with Gasteiger partial charge in [-0.15, -0.1) is 0 Å². The molecule has 0 bridgehead atoms. The SMILES string of the molecule is C=C(C)C(=O)OC1(c2ccc3ccccc3c2)c2ccccc2-c2ccccc21. The van der Waals surface area contributed by atoms with E-state index in [0.29, 0.717) is 5.57 Å². The second kappa shape index (κ2) is 6.46. The van der Waals surface area contributed by atoms with E-state index in [2.05, 4.69) is 61.2 Å². The fraction of sp³-hybridized carbons (Fsp3) is 0.0741. The minimum Gasteiger partial charge on any atom is -0.441 e. The fourth-order valence-electron chi connectivity index (χ4n) is 4.31. The van der Waals surface area contributed by atoms with Crippen LogP contribution in [0, 0.1) is 0 Å². The van der Waals surface area contributed by atoms with Gasteiger partial charge in [-0.05, 0) is 34.9 Å². The molecule has 0 aromatic heterocycles. The normalized spacial score (nSPS) is 13.6. The van der Waals surface area contributed by atoms with Gasteiger partial charge in [0.25, 0.3) is 0 Å². The van der Waals surface area contributed by atoms with E-state index in [9.17, 15) is 4.79 Å². The summed E-state index contributed by atoms with van der Waals surface area (Å²) in [7, 11) is 0. The summed E-state index contributed by atoms with van der Waals surface area (Å²) in [5.41, 5.74) is 4.44. The highest BCUT2D eigenvalue weighted by Gasteiger charge is 2.48. The first-order valence-corrected chi connectivity index (χ1v) is 9.69. The molecular weight excluding hydrogens is 356 g/mol. The maximum absolute atomic E-state index is 12.8. The van der Waals surface area contributed by atoms with Crippen molar-refractivity contribution in [2.45, 2.75) is 12.5 Å². The third kappa shape index (κ3) is 2.53. The minimum atomic E-state index is -1.01. The summed E-state index contributed by atoms with van der Waals surface area (Å²) in [5, 5.41) is 2.26. The van der Waals surface area contributed by atoms with Crippen LogP contribution in [-0.2, 0) is 15.1 Å². The molecule has 0 fully saturated rings. The lowest BCUT2D eigenvalue weighted by Crippen LogP contribution is -2.33. The van der Waals surface area contributed by atoms with Gasteiger partial charge in [-0.1, -0.05) is 91.5 Å². The molecule has 0 heterocycles. The van der Waals surface area contributed by atoms with Gasteiger partial charge >= 0.3 is 5.97 Å². The molecule has 5 rings (SSSR count). The second-order valence-electron chi connectivity index (χ2n) is 7.50. The molecule has 4 aromatic carbocycles. The molecule has 2 heteroatoms. The van der Waals surface area contributed by atoms with Crippen LogP contribution in [0.15, 0.2) is 103 Å². The van der Waals surface area contributed by atoms with Crippen molar-refractivity contribution in [3.8, 4) is 11.1 Å². The van der Waals surface area contributed by atoms with Crippen molar-refractivity contribution in [1.82, 2.24) is 0 Å². The highest BCUT2D eigenvalue weighted by Crippen LogP contribution is 2.53. The van der Waals surface area contributed by atoms with Crippen LogP contribution in [0.5, 0.6) is 0 Å². The molecule has 0 unspecified atom stereocenters. The van der Waals surface area contributed by atoms with E-state index in [1.807, 2.05) is 36.4 Å². The number of hydrogen-bond donors (Lipinski definition) is 0. The lowest BCUT2D eigenvalue weighted by atomic mass is 9.83. The molecular formula is C27H20O2. The van der Waals surface area contributed by atoms with Crippen LogP contribution in [0.3, 0.4) is 0 Å². The number of hydrogen-bond acceptors (Lipinski definition) is 2. The van der Waals surface area contributed by atoms with Crippen LogP contribution in [-0.4, -0.2) is 5.97 Å². The molecule has 2 nitrogen and oxygen atoms in total.